The van der Waals surface area contributed by atoms with Crippen molar-refractivity contribution in [1.82, 2.24) is 0 Å². The van der Waals surface area contributed by atoms with Crippen LogP contribution in [-0.4, -0.2) is 36.8 Å². The SMILES string of the molecule is COc1ccccc1Oc1ccc(NC(=O)CCCC(=O)OC(CCCl)C(=O)c2ccc(F)cc2)cc1. The van der Waals surface area contributed by atoms with Gasteiger partial charge in [-0.1, -0.05) is 12.1 Å². The van der Waals surface area contributed by atoms with E-state index >= 15 is 0 Å². The summed E-state index contributed by atoms with van der Waals surface area (Å²) in [5.74, 6) is 0.0426. The first-order valence-corrected chi connectivity index (χ1v) is 12.2. The number of esters is 1. The molecule has 0 radical (unpaired) electrons. The van der Waals surface area contributed by atoms with Gasteiger partial charge in [-0.3, -0.25) is 14.4 Å². The number of para-hydroxylation sites is 2. The van der Waals surface area contributed by atoms with Crippen molar-refractivity contribution in [3.8, 4) is 17.2 Å². The number of hydrogen-bond acceptors (Lipinski definition) is 6. The summed E-state index contributed by atoms with van der Waals surface area (Å²) in [5, 5.41) is 2.76. The molecule has 9 heteroatoms. The quantitative estimate of drug-likeness (QED) is 0.163. The summed E-state index contributed by atoms with van der Waals surface area (Å²) in [6.45, 7) is 0. The van der Waals surface area contributed by atoms with Gasteiger partial charge < -0.3 is 19.5 Å². The summed E-state index contributed by atoms with van der Waals surface area (Å²) in [7, 11) is 1.56. The molecule has 7 nitrogen and oxygen atoms in total. The van der Waals surface area contributed by atoms with Crippen molar-refractivity contribution in [1.29, 1.82) is 0 Å². The second-order valence-corrected chi connectivity index (χ2v) is 8.38. The highest BCUT2D eigenvalue weighted by Gasteiger charge is 2.24. The van der Waals surface area contributed by atoms with Crippen LogP contribution in [0.2, 0.25) is 0 Å². The van der Waals surface area contributed by atoms with Gasteiger partial charge in [-0.2, -0.15) is 0 Å². The van der Waals surface area contributed by atoms with Crippen LogP contribution in [0.3, 0.4) is 0 Å². The van der Waals surface area contributed by atoms with E-state index in [0.717, 1.165) is 12.1 Å². The molecular weight excluding hydrogens is 501 g/mol. The second-order valence-electron chi connectivity index (χ2n) is 8.01. The van der Waals surface area contributed by atoms with Gasteiger partial charge in [0, 0.05) is 36.4 Å². The maximum Gasteiger partial charge on any atom is 0.306 e. The Kier molecular flexibility index (Phi) is 10.5. The Balaban J connectivity index is 1.44. The average molecular weight is 528 g/mol. The van der Waals surface area contributed by atoms with Crippen molar-refractivity contribution < 1.29 is 33.0 Å². The largest absolute Gasteiger partial charge is 0.493 e. The van der Waals surface area contributed by atoms with Gasteiger partial charge in [-0.15, -0.1) is 11.6 Å². The lowest BCUT2D eigenvalue weighted by atomic mass is 10.0. The second kappa shape index (κ2) is 14.0. The summed E-state index contributed by atoms with van der Waals surface area (Å²) >= 11 is 5.75. The van der Waals surface area contributed by atoms with E-state index in [4.69, 9.17) is 25.8 Å². The van der Waals surface area contributed by atoms with Gasteiger partial charge in [-0.25, -0.2) is 4.39 Å². The van der Waals surface area contributed by atoms with Crippen molar-refractivity contribution in [3.63, 3.8) is 0 Å². The average Bonchev–Trinajstić information content (AvgIpc) is 2.90. The zero-order valence-electron chi connectivity index (χ0n) is 20.2. The smallest absolute Gasteiger partial charge is 0.306 e. The third kappa shape index (κ3) is 8.61. The normalized spacial score (nSPS) is 11.3. The van der Waals surface area contributed by atoms with E-state index in [1.165, 1.54) is 12.1 Å². The molecule has 1 N–H and O–H groups in total. The lowest BCUT2D eigenvalue weighted by Gasteiger charge is -2.16. The Labute approximate surface area is 219 Å². The fourth-order valence-electron chi connectivity index (χ4n) is 3.41. The van der Waals surface area contributed by atoms with Gasteiger partial charge in [0.25, 0.3) is 0 Å². The molecule has 1 atom stereocenters. The molecule has 194 valence electrons. The molecule has 0 aromatic heterocycles. The number of halogens is 2. The Morgan fingerprint density at radius 1 is 0.919 bits per heavy atom. The topological polar surface area (TPSA) is 90.9 Å². The lowest BCUT2D eigenvalue weighted by molar-refractivity contribution is -0.147. The van der Waals surface area contributed by atoms with Gasteiger partial charge in [0.15, 0.2) is 17.6 Å². The molecule has 0 spiro atoms. The highest BCUT2D eigenvalue weighted by atomic mass is 35.5. The van der Waals surface area contributed by atoms with Gasteiger partial charge in [0.05, 0.1) is 7.11 Å². The van der Waals surface area contributed by atoms with Crippen LogP contribution in [0.15, 0.2) is 72.8 Å². The fraction of sp³-hybridized carbons (Fsp3) is 0.250. The molecule has 3 aromatic rings. The van der Waals surface area contributed by atoms with Crippen LogP contribution in [0.5, 0.6) is 17.2 Å². The Hall–Kier alpha value is -3.91. The third-order valence-corrected chi connectivity index (χ3v) is 5.50. The van der Waals surface area contributed by atoms with Gasteiger partial charge >= 0.3 is 5.97 Å². The minimum atomic E-state index is -1.07. The highest BCUT2D eigenvalue weighted by molar-refractivity contribution is 6.18. The monoisotopic (exact) mass is 527 g/mol. The van der Waals surface area contributed by atoms with E-state index in [-0.39, 0.29) is 43.0 Å². The van der Waals surface area contributed by atoms with E-state index < -0.39 is 23.7 Å². The summed E-state index contributed by atoms with van der Waals surface area (Å²) in [6, 6.07) is 19.1. The number of amides is 1. The molecule has 1 unspecified atom stereocenters. The molecule has 0 saturated heterocycles. The molecule has 0 heterocycles. The van der Waals surface area contributed by atoms with Crippen molar-refractivity contribution in [2.24, 2.45) is 0 Å². The number of ether oxygens (including phenoxy) is 3. The number of carbonyl (C=O) groups excluding carboxylic acids is 3. The lowest BCUT2D eigenvalue weighted by Crippen LogP contribution is -2.28. The number of Topliss-reactive ketones (excluding diaryl/α,β-unsaturated/α-hetero) is 1. The molecule has 0 fully saturated rings. The summed E-state index contributed by atoms with van der Waals surface area (Å²) < 4.78 is 29.5. The third-order valence-electron chi connectivity index (χ3n) is 5.29. The first kappa shape index (κ1) is 27.7. The van der Waals surface area contributed by atoms with E-state index in [1.807, 2.05) is 12.1 Å². The number of anilines is 1. The molecule has 0 saturated carbocycles. The van der Waals surface area contributed by atoms with Gasteiger partial charge in [0.1, 0.15) is 11.6 Å². The fourth-order valence-corrected chi connectivity index (χ4v) is 3.61. The molecule has 0 aliphatic heterocycles. The van der Waals surface area contributed by atoms with Crippen molar-refractivity contribution in [2.45, 2.75) is 31.8 Å². The number of hydrogen-bond donors (Lipinski definition) is 1. The molecular formula is C28H27ClFNO6. The minimum absolute atomic E-state index is 0.0470. The first-order valence-electron chi connectivity index (χ1n) is 11.7. The molecule has 0 bridgehead atoms. The van der Waals surface area contributed by atoms with Crippen LogP contribution in [0.4, 0.5) is 10.1 Å². The molecule has 1 amide bonds. The van der Waals surface area contributed by atoms with Crippen LogP contribution in [0.25, 0.3) is 0 Å². The van der Waals surface area contributed by atoms with Crippen LogP contribution >= 0.6 is 11.6 Å². The molecule has 0 aliphatic rings. The molecule has 3 aromatic carbocycles. The minimum Gasteiger partial charge on any atom is -0.493 e. The number of rotatable bonds is 13. The number of ketones is 1. The number of methoxy groups -OCH3 is 1. The van der Waals surface area contributed by atoms with Crippen LogP contribution in [0.1, 0.15) is 36.0 Å². The van der Waals surface area contributed by atoms with E-state index in [1.54, 1.807) is 43.5 Å². The number of benzene rings is 3. The van der Waals surface area contributed by atoms with E-state index in [0.29, 0.717) is 22.9 Å². The van der Waals surface area contributed by atoms with Crippen molar-refractivity contribution in [2.75, 3.05) is 18.3 Å². The Morgan fingerprint density at radius 2 is 1.59 bits per heavy atom. The van der Waals surface area contributed by atoms with Crippen molar-refractivity contribution in [3.05, 3.63) is 84.2 Å². The van der Waals surface area contributed by atoms with Crippen molar-refractivity contribution >= 4 is 34.9 Å². The zero-order valence-corrected chi connectivity index (χ0v) is 21.0. The summed E-state index contributed by atoms with van der Waals surface area (Å²) in [6.07, 6.45) is -0.672. The predicted octanol–water partition coefficient (Wildman–Crippen LogP) is 6.16. The number of nitrogens with one attached hydrogen (secondary N) is 1. The maximum atomic E-state index is 13.1. The number of alkyl halides is 1. The molecule has 3 rings (SSSR count). The molecule has 0 aliphatic carbocycles. The van der Waals surface area contributed by atoms with Crippen LogP contribution in [0, 0.1) is 5.82 Å². The maximum absolute atomic E-state index is 13.1. The van der Waals surface area contributed by atoms with E-state index in [9.17, 15) is 18.8 Å². The Bertz CT molecular complexity index is 1200. The summed E-state index contributed by atoms with van der Waals surface area (Å²) in [5.41, 5.74) is 0.801. The first-order chi connectivity index (χ1) is 17.9. The molecule has 37 heavy (non-hydrogen) atoms. The highest BCUT2D eigenvalue weighted by Crippen LogP contribution is 2.31. The predicted molar refractivity (Wildman–Crippen MR) is 138 cm³/mol. The van der Waals surface area contributed by atoms with Crippen LogP contribution in [-0.2, 0) is 14.3 Å². The summed E-state index contributed by atoms with van der Waals surface area (Å²) in [4.78, 5) is 37.1. The standard InChI is InChI=1S/C28H27ClFNO6/c1-35-23-5-2-3-6-24(23)36-22-15-13-21(14-16-22)31-26(32)7-4-8-27(33)37-25(17-18-29)28(34)19-9-11-20(30)12-10-19/h2-3,5-6,9-16,25H,4,7-8,17-18H2,1H3,(H,31,32). The van der Waals surface area contributed by atoms with Gasteiger partial charge in [-0.05, 0) is 67.1 Å². The Morgan fingerprint density at radius 3 is 2.24 bits per heavy atom. The van der Waals surface area contributed by atoms with E-state index in [2.05, 4.69) is 5.32 Å². The van der Waals surface area contributed by atoms with Gasteiger partial charge in [0.2, 0.25) is 11.7 Å². The zero-order chi connectivity index (χ0) is 26.6. The number of carbonyl (C=O) groups is 3. The van der Waals surface area contributed by atoms with Crippen LogP contribution < -0.4 is 14.8 Å².